The summed E-state index contributed by atoms with van der Waals surface area (Å²) in [6, 6.07) is 15.2. The molecule has 2 aromatic rings. The highest BCUT2D eigenvalue weighted by Gasteiger charge is 2.11. The first-order valence-electron chi connectivity index (χ1n) is 6.49. The highest BCUT2D eigenvalue weighted by molar-refractivity contribution is 6.42. The number of aliphatic hydroxyl groups is 1. The predicted molar refractivity (Wildman–Crippen MR) is 84.3 cm³/mol. The lowest BCUT2D eigenvalue weighted by atomic mass is 10.1. The number of hydrogen-bond donors (Lipinski definition) is 2. The van der Waals surface area contributed by atoms with E-state index in [-0.39, 0.29) is 6.04 Å². The molecule has 0 heterocycles. The summed E-state index contributed by atoms with van der Waals surface area (Å²) < 4.78 is 0. The van der Waals surface area contributed by atoms with Gasteiger partial charge in [-0.1, -0.05) is 59.6 Å². The van der Waals surface area contributed by atoms with Crippen LogP contribution in [0.2, 0.25) is 10.0 Å². The van der Waals surface area contributed by atoms with Crippen molar-refractivity contribution in [2.45, 2.75) is 19.1 Å². The second-order valence-corrected chi connectivity index (χ2v) is 5.54. The van der Waals surface area contributed by atoms with Crippen molar-refractivity contribution in [3.05, 3.63) is 69.7 Å². The lowest BCUT2D eigenvalue weighted by molar-refractivity contribution is 0.171. The van der Waals surface area contributed by atoms with Crippen LogP contribution in [0.15, 0.2) is 48.5 Å². The molecule has 0 saturated heterocycles. The molecule has 2 aromatic carbocycles. The molecule has 2 rings (SSSR count). The Bertz CT molecular complexity index is 560. The number of aliphatic hydroxyl groups excluding tert-OH is 1. The highest BCUT2D eigenvalue weighted by Crippen LogP contribution is 2.25. The van der Waals surface area contributed by atoms with Crippen molar-refractivity contribution < 1.29 is 5.11 Å². The molecular weight excluding hydrogens is 293 g/mol. The van der Waals surface area contributed by atoms with E-state index >= 15 is 0 Å². The molecule has 2 unspecified atom stereocenters. The van der Waals surface area contributed by atoms with E-state index in [4.69, 9.17) is 23.2 Å². The highest BCUT2D eigenvalue weighted by atomic mass is 35.5. The molecule has 0 aliphatic rings. The fraction of sp³-hybridized carbons (Fsp3) is 0.250. The summed E-state index contributed by atoms with van der Waals surface area (Å²) in [5.41, 5.74) is 1.95. The molecule has 0 spiro atoms. The van der Waals surface area contributed by atoms with E-state index in [9.17, 15) is 5.11 Å². The van der Waals surface area contributed by atoms with Gasteiger partial charge in [0.05, 0.1) is 16.1 Å². The molecule has 0 aromatic heterocycles. The quantitative estimate of drug-likeness (QED) is 0.859. The third-order valence-electron chi connectivity index (χ3n) is 3.25. The van der Waals surface area contributed by atoms with Crippen LogP contribution in [0.1, 0.15) is 30.2 Å². The number of benzene rings is 2. The summed E-state index contributed by atoms with van der Waals surface area (Å²) in [5, 5.41) is 14.5. The van der Waals surface area contributed by atoms with E-state index < -0.39 is 6.10 Å². The molecule has 0 amide bonds. The summed E-state index contributed by atoms with van der Waals surface area (Å²) in [4.78, 5) is 0. The first kappa shape index (κ1) is 15.3. The van der Waals surface area contributed by atoms with Crippen molar-refractivity contribution in [1.82, 2.24) is 5.32 Å². The normalized spacial score (nSPS) is 14.0. The van der Waals surface area contributed by atoms with Gasteiger partial charge in [-0.05, 0) is 30.2 Å². The van der Waals surface area contributed by atoms with Crippen LogP contribution in [0.4, 0.5) is 0 Å². The molecule has 2 N–H and O–H groups in total. The van der Waals surface area contributed by atoms with Crippen molar-refractivity contribution in [3.8, 4) is 0 Å². The predicted octanol–water partition coefficient (Wildman–Crippen LogP) is 4.38. The summed E-state index contributed by atoms with van der Waals surface area (Å²) >= 11 is 11.9. The van der Waals surface area contributed by atoms with Gasteiger partial charge in [-0.25, -0.2) is 0 Å². The first-order valence-corrected chi connectivity index (χ1v) is 7.25. The van der Waals surface area contributed by atoms with Crippen molar-refractivity contribution >= 4 is 23.2 Å². The fourth-order valence-electron chi connectivity index (χ4n) is 1.98. The molecule has 0 aliphatic carbocycles. The van der Waals surface area contributed by atoms with Crippen LogP contribution in [-0.4, -0.2) is 11.7 Å². The van der Waals surface area contributed by atoms with Crippen molar-refractivity contribution in [2.75, 3.05) is 6.54 Å². The van der Waals surface area contributed by atoms with Gasteiger partial charge >= 0.3 is 0 Å². The Morgan fingerprint density at radius 1 is 1.00 bits per heavy atom. The van der Waals surface area contributed by atoms with Crippen molar-refractivity contribution in [2.24, 2.45) is 0 Å². The van der Waals surface area contributed by atoms with Crippen LogP contribution in [0.5, 0.6) is 0 Å². The lowest BCUT2D eigenvalue weighted by Gasteiger charge is -2.18. The molecule has 2 nitrogen and oxygen atoms in total. The number of nitrogens with one attached hydrogen (secondary N) is 1. The van der Waals surface area contributed by atoms with Gasteiger partial charge in [0.2, 0.25) is 0 Å². The Kier molecular flexibility index (Phi) is 5.44. The molecule has 0 radical (unpaired) electrons. The third kappa shape index (κ3) is 3.97. The Labute approximate surface area is 129 Å². The lowest BCUT2D eigenvalue weighted by Crippen LogP contribution is -2.24. The van der Waals surface area contributed by atoms with Crippen LogP contribution in [0, 0.1) is 0 Å². The Balaban J connectivity index is 1.95. The SMILES string of the molecule is CC(NCC(O)c1ccccc1)c1ccc(Cl)c(Cl)c1. The van der Waals surface area contributed by atoms with E-state index in [1.807, 2.05) is 49.4 Å². The average Bonchev–Trinajstić information content (AvgIpc) is 2.48. The van der Waals surface area contributed by atoms with Gasteiger partial charge < -0.3 is 10.4 Å². The standard InChI is InChI=1S/C16H17Cl2NO/c1-11(13-7-8-14(17)15(18)9-13)19-10-16(20)12-5-3-2-4-6-12/h2-9,11,16,19-20H,10H2,1H3. The van der Waals surface area contributed by atoms with E-state index in [0.29, 0.717) is 16.6 Å². The second-order valence-electron chi connectivity index (χ2n) is 4.73. The fourth-order valence-corrected chi connectivity index (χ4v) is 2.29. The summed E-state index contributed by atoms with van der Waals surface area (Å²) in [5.74, 6) is 0. The van der Waals surface area contributed by atoms with E-state index in [1.165, 1.54) is 0 Å². The largest absolute Gasteiger partial charge is 0.387 e. The molecule has 0 saturated carbocycles. The summed E-state index contributed by atoms with van der Waals surface area (Å²) in [7, 11) is 0. The number of halogens is 2. The van der Waals surface area contributed by atoms with Gasteiger partial charge in [0, 0.05) is 12.6 Å². The maximum absolute atomic E-state index is 10.1. The van der Waals surface area contributed by atoms with E-state index in [2.05, 4.69) is 5.32 Å². The molecule has 0 bridgehead atoms. The van der Waals surface area contributed by atoms with Crippen LogP contribution in [-0.2, 0) is 0 Å². The molecule has 0 aliphatic heterocycles. The molecule has 0 fully saturated rings. The monoisotopic (exact) mass is 309 g/mol. The van der Waals surface area contributed by atoms with E-state index in [1.54, 1.807) is 6.07 Å². The van der Waals surface area contributed by atoms with Gasteiger partial charge in [0.25, 0.3) is 0 Å². The van der Waals surface area contributed by atoms with Crippen LogP contribution in [0.3, 0.4) is 0 Å². The number of rotatable bonds is 5. The van der Waals surface area contributed by atoms with Gasteiger partial charge in [-0.2, -0.15) is 0 Å². The molecule has 4 heteroatoms. The minimum Gasteiger partial charge on any atom is -0.387 e. The zero-order valence-electron chi connectivity index (χ0n) is 11.2. The molecule has 106 valence electrons. The van der Waals surface area contributed by atoms with Gasteiger partial charge in [0.1, 0.15) is 0 Å². The maximum atomic E-state index is 10.1. The van der Waals surface area contributed by atoms with Crippen LogP contribution >= 0.6 is 23.2 Å². The second kappa shape index (κ2) is 7.09. The number of hydrogen-bond acceptors (Lipinski definition) is 2. The molecule has 20 heavy (non-hydrogen) atoms. The average molecular weight is 310 g/mol. The minimum absolute atomic E-state index is 0.0862. The summed E-state index contributed by atoms with van der Waals surface area (Å²) in [6.45, 7) is 2.50. The Hall–Kier alpha value is -1.06. The van der Waals surface area contributed by atoms with Gasteiger partial charge in [0.15, 0.2) is 0 Å². The first-order chi connectivity index (χ1) is 9.58. The van der Waals surface area contributed by atoms with Gasteiger partial charge in [-0.3, -0.25) is 0 Å². The molecule has 2 atom stereocenters. The smallest absolute Gasteiger partial charge is 0.0914 e. The minimum atomic E-state index is -0.526. The topological polar surface area (TPSA) is 32.3 Å². The zero-order valence-corrected chi connectivity index (χ0v) is 12.7. The van der Waals surface area contributed by atoms with Crippen molar-refractivity contribution in [3.63, 3.8) is 0 Å². The zero-order chi connectivity index (χ0) is 14.5. The Morgan fingerprint density at radius 2 is 1.70 bits per heavy atom. The summed E-state index contributed by atoms with van der Waals surface area (Å²) in [6.07, 6.45) is -0.526. The van der Waals surface area contributed by atoms with Crippen LogP contribution < -0.4 is 5.32 Å². The third-order valence-corrected chi connectivity index (χ3v) is 3.98. The maximum Gasteiger partial charge on any atom is 0.0914 e. The van der Waals surface area contributed by atoms with Gasteiger partial charge in [-0.15, -0.1) is 0 Å². The van der Waals surface area contributed by atoms with Crippen LogP contribution in [0.25, 0.3) is 0 Å². The Morgan fingerprint density at radius 3 is 2.35 bits per heavy atom. The van der Waals surface area contributed by atoms with E-state index in [0.717, 1.165) is 11.1 Å². The molecular formula is C16H17Cl2NO. The van der Waals surface area contributed by atoms with Crippen molar-refractivity contribution in [1.29, 1.82) is 0 Å².